The summed E-state index contributed by atoms with van der Waals surface area (Å²) in [4.78, 5) is 0. The van der Waals surface area contributed by atoms with Gasteiger partial charge in [-0.2, -0.15) is 0 Å². The molecule has 0 saturated carbocycles. The number of nitrogens with zero attached hydrogens (tertiary/aromatic N) is 1. The van der Waals surface area contributed by atoms with Gasteiger partial charge < -0.3 is 14.9 Å². The van der Waals surface area contributed by atoms with Gasteiger partial charge in [0.1, 0.15) is 0 Å². The molecular weight excluding hydrogens is 392 g/mol. The van der Waals surface area contributed by atoms with Gasteiger partial charge >= 0.3 is 0 Å². The van der Waals surface area contributed by atoms with Crippen molar-refractivity contribution in [1.82, 2.24) is 10.5 Å². The van der Waals surface area contributed by atoms with E-state index >= 15 is 0 Å². The molecule has 4 nitrogen and oxygen atoms in total. The molecule has 2 atom stereocenters. The van der Waals surface area contributed by atoms with Gasteiger partial charge in [0.05, 0.1) is 17.4 Å². The minimum atomic E-state index is -0.673. The first kappa shape index (κ1) is 17.5. The Morgan fingerprint density at radius 3 is 2.81 bits per heavy atom. The van der Waals surface area contributed by atoms with E-state index in [1.165, 1.54) is 11.1 Å². The normalized spacial score (nSPS) is 17.3. The van der Waals surface area contributed by atoms with Crippen LogP contribution in [0.25, 0.3) is 11.3 Å². The van der Waals surface area contributed by atoms with Gasteiger partial charge in [-0.05, 0) is 43.0 Å². The van der Waals surface area contributed by atoms with Crippen molar-refractivity contribution in [3.05, 3.63) is 75.4 Å². The lowest BCUT2D eigenvalue weighted by atomic mass is 10.0. The van der Waals surface area contributed by atoms with E-state index in [1.807, 2.05) is 31.2 Å². The summed E-state index contributed by atoms with van der Waals surface area (Å²) in [6, 6.07) is 16.6. The smallest absolute Gasteiger partial charge is 0.172 e. The van der Waals surface area contributed by atoms with Crippen LogP contribution in [-0.4, -0.2) is 16.8 Å². The van der Waals surface area contributed by atoms with Gasteiger partial charge in [0.2, 0.25) is 0 Å². The third-order valence-corrected chi connectivity index (χ3v) is 5.57. The van der Waals surface area contributed by atoms with Crippen LogP contribution in [-0.2, 0) is 6.42 Å². The molecule has 0 amide bonds. The second-order valence-corrected chi connectivity index (χ2v) is 7.65. The van der Waals surface area contributed by atoms with Gasteiger partial charge in [-0.15, -0.1) is 0 Å². The average molecular weight is 413 g/mol. The summed E-state index contributed by atoms with van der Waals surface area (Å²) >= 11 is 3.44. The minimum Gasteiger partial charge on any atom is -0.387 e. The zero-order valence-corrected chi connectivity index (χ0v) is 16.2. The van der Waals surface area contributed by atoms with Crippen LogP contribution in [0.15, 0.2) is 57.5 Å². The van der Waals surface area contributed by atoms with Crippen LogP contribution in [0.4, 0.5) is 0 Å². The number of aryl methyl sites for hydroxylation is 2. The van der Waals surface area contributed by atoms with Crippen molar-refractivity contribution in [3.63, 3.8) is 0 Å². The van der Waals surface area contributed by atoms with Crippen molar-refractivity contribution in [3.8, 4) is 11.3 Å². The molecule has 0 aliphatic heterocycles. The highest BCUT2D eigenvalue weighted by Crippen LogP contribution is 2.34. The first-order valence-corrected chi connectivity index (χ1v) is 9.64. The van der Waals surface area contributed by atoms with E-state index in [4.69, 9.17) is 4.52 Å². The maximum Gasteiger partial charge on any atom is 0.172 e. The molecule has 0 spiro atoms. The molecule has 0 radical (unpaired) electrons. The Balaban J connectivity index is 1.51. The number of rotatable bonds is 5. The zero-order chi connectivity index (χ0) is 18.1. The Morgan fingerprint density at radius 2 is 2.00 bits per heavy atom. The molecule has 4 rings (SSSR count). The predicted molar refractivity (Wildman–Crippen MR) is 105 cm³/mol. The topological polar surface area (TPSA) is 58.3 Å². The van der Waals surface area contributed by atoms with Crippen LogP contribution >= 0.6 is 15.9 Å². The molecule has 0 fully saturated rings. The molecule has 5 heteroatoms. The fraction of sp³-hybridized carbons (Fsp3) is 0.286. The summed E-state index contributed by atoms with van der Waals surface area (Å²) < 4.78 is 6.52. The maximum absolute atomic E-state index is 10.8. The Kier molecular flexibility index (Phi) is 4.94. The van der Waals surface area contributed by atoms with Crippen molar-refractivity contribution in [2.24, 2.45) is 0 Å². The van der Waals surface area contributed by atoms with Crippen LogP contribution < -0.4 is 5.32 Å². The number of hydrogen-bond donors (Lipinski definition) is 2. The molecule has 2 aromatic carbocycles. The van der Waals surface area contributed by atoms with E-state index in [0.29, 0.717) is 12.3 Å². The predicted octanol–water partition coefficient (Wildman–Crippen LogP) is 4.72. The number of fused-ring (bicyclic) bond motifs is 1. The molecule has 0 saturated heterocycles. The molecule has 134 valence electrons. The second kappa shape index (κ2) is 7.35. The molecule has 1 aromatic heterocycles. The summed E-state index contributed by atoms with van der Waals surface area (Å²) in [5, 5.41) is 18.4. The first-order valence-electron chi connectivity index (χ1n) is 8.85. The van der Waals surface area contributed by atoms with Crippen LogP contribution in [0.1, 0.15) is 41.0 Å². The number of benzene rings is 2. The maximum atomic E-state index is 10.8. The molecule has 0 bridgehead atoms. The van der Waals surface area contributed by atoms with E-state index in [9.17, 15) is 5.11 Å². The first-order chi connectivity index (χ1) is 12.6. The molecule has 1 unspecified atom stereocenters. The highest BCUT2D eigenvalue weighted by Gasteiger charge is 2.25. The fourth-order valence-electron chi connectivity index (χ4n) is 3.70. The van der Waals surface area contributed by atoms with E-state index < -0.39 is 6.10 Å². The summed E-state index contributed by atoms with van der Waals surface area (Å²) in [6.45, 7) is 2.33. The summed E-state index contributed by atoms with van der Waals surface area (Å²) in [6.07, 6.45) is 1.47. The molecule has 2 N–H and O–H groups in total. The van der Waals surface area contributed by atoms with Crippen molar-refractivity contribution >= 4 is 15.9 Å². The number of aromatic nitrogens is 1. The second-order valence-electron chi connectivity index (χ2n) is 6.73. The minimum absolute atomic E-state index is 0.289. The van der Waals surface area contributed by atoms with Crippen LogP contribution in [0.5, 0.6) is 0 Å². The fourth-order valence-corrected chi connectivity index (χ4v) is 3.97. The standard InChI is InChI=1S/C21H21BrN2O2/c1-13-20(21(26-24-13)15-6-9-16(22)10-7-15)19(25)12-23-18-11-8-14-4-2-3-5-17(14)18/h2-7,9-10,18-19,23,25H,8,11-12H2,1H3/t18-,19?/m0/s1. The third-order valence-electron chi connectivity index (χ3n) is 5.04. The zero-order valence-electron chi connectivity index (χ0n) is 14.6. The summed E-state index contributed by atoms with van der Waals surface area (Å²) in [7, 11) is 0. The van der Waals surface area contributed by atoms with Crippen LogP contribution in [0.3, 0.4) is 0 Å². The number of halogens is 1. The molecule has 3 aromatic rings. The summed E-state index contributed by atoms with van der Waals surface area (Å²) in [5.74, 6) is 0.635. The highest BCUT2D eigenvalue weighted by molar-refractivity contribution is 9.10. The van der Waals surface area contributed by atoms with E-state index in [1.54, 1.807) is 0 Å². The molecular formula is C21H21BrN2O2. The largest absolute Gasteiger partial charge is 0.387 e. The van der Waals surface area contributed by atoms with E-state index in [0.717, 1.165) is 34.1 Å². The molecule has 26 heavy (non-hydrogen) atoms. The van der Waals surface area contributed by atoms with Crippen LogP contribution in [0, 0.1) is 6.92 Å². The lowest BCUT2D eigenvalue weighted by Crippen LogP contribution is -2.25. The van der Waals surface area contributed by atoms with Crippen molar-refractivity contribution in [1.29, 1.82) is 0 Å². The van der Waals surface area contributed by atoms with Crippen molar-refractivity contribution in [2.45, 2.75) is 31.9 Å². The quantitative estimate of drug-likeness (QED) is 0.636. The number of aliphatic hydroxyl groups is 1. The molecule has 1 aliphatic carbocycles. The molecule has 1 heterocycles. The number of aliphatic hydroxyl groups excluding tert-OH is 1. The third kappa shape index (κ3) is 3.34. The number of nitrogens with one attached hydrogen (secondary N) is 1. The Labute approximate surface area is 161 Å². The van der Waals surface area contributed by atoms with E-state index in [2.05, 4.69) is 50.7 Å². The van der Waals surface area contributed by atoms with Crippen molar-refractivity contribution < 1.29 is 9.63 Å². The van der Waals surface area contributed by atoms with Gasteiger partial charge in [-0.25, -0.2) is 0 Å². The average Bonchev–Trinajstić information content (AvgIpc) is 3.24. The van der Waals surface area contributed by atoms with Gasteiger partial charge in [0.15, 0.2) is 5.76 Å². The Hall–Kier alpha value is -1.95. The monoisotopic (exact) mass is 412 g/mol. The summed E-state index contributed by atoms with van der Waals surface area (Å²) in [5.41, 5.74) is 5.13. The van der Waals surface area contributed by atoms with Crippen LogP contribution in [0.2, 0.25) is 0 Å². The highest BCUT2D eigenvalue weighted by atomic mass is 79.9. The van der Waals surface area contributed by atoms with Gasteiger partial charge in [-0.1, -0.05) is 57.5 Å². The molecule has 1 aliphatic rings. The Bertz CT molecular complexity index is 905. The lowest BCUT2D eigenvalue weighted by Gasteiger charge is -2.18. The number of hydrogen-bond acceptors (Lipinski definition) is 4. The lowest BCUT2D eigenvalue weighted by molar-refractivity contribution is 0.169. The SMILES string of the molecule is Cc1noc(-c2ccc(Br)cc2)c1C(O)CN[C@H]1CCc2ccccc21. The van der Waals surface area contributed by atoms with Crippen molar-refractivity contribution in [2.75, 3.05) is 6.54 Å². The van der Waals surface area contributed by atoms with E-state index in [-0.39, 0.29) is 6.04 Å². The van der Waals surface area contributed by atoms with Gasteiger partial charge in [0, 0.05) is 22.6 Å². The van der Waals surface area contributed by atoms with Gasteiger partial charge in [0.25, 0.3) is 0 Å². The van der Waals surface area contributed by atoms with Gasteiger partial charge in [-0.3, -0.25) is 0 Å². The Morgan fingerprint density at radius 1 is 1.23 bits per heavy atom.